The molecule has 12 heavy (non-hydrogen) atoms. The van der Waals surface area contributed by atoms with Crippen molar-refractivity contribution in [3.05, 3.63) is 0 Å². The monoisotopic (exact) mass is 167 g/mol. The van der Waals surface area contributed by atoms with Crippen LogP contribution >= 0.6 is 0 Å². The van der Waals surface area contributed by atoms with Crippen LogP contribution in [0.4, 0.5) is 0 Å². The Labute approximate surface area is 74.9 Å². The average Bonchev–Trinajstić information content (AvgIpc) is 1.85. The number of likely N-dealkylation sites (N-methyl/N-ethyl adjacent to an activating group) is 1. The third-order valence-electron chi connectivity index (χ3n) is 1.86. The summed E-state index contributed by atoms with van der Waals surface area (Å²) in [6.07, 6.45) is 5.16. The topological polar surface area (TPSA) is 20.3 Å². The van der Waals surface area contributed by atoms with E-state index in [0.717, 1.165) is 0 Å². The summed E-state index contributed by atoms with van der Waals surface area (Å²) >= 11 is 0. The number of nitrogens with zero attached hydrogens (tertiary/aromatic N) is 1. The van der Waals surface area contributed by atoms with Crippen LogP contribution in [0.5, 0.6) is 0 Å². The third-order valence-corrected chi connectivity index (χ3v) is 1.86. The van der Waals surface area contributed by atoms with Crippen LogP contribution in [-0.4, -0.2) is 30.3 Å². The Morgan fingerprint density at radius 1 is 1.58 bits per heavy atom. The summed E-state index contributed by atoms with van der Waals surface area (Å²) < 4.78 is 0. The first-order chi connectivity index (χ1) is 5.50. The number of hydrogen-bond acceptors (Lipinski definition) is 2. The highest BCUT2D eigenvalue weighted by molar-refractivity contribution is 5.81. The molecule has 0 fully saturated rings. The lowest BCUT2D eigenvalue weighted by atomic mass is 9.99. The predicted octanol–water partition coefficient (Wildman–Crippen LogP) is 1.16. The van der Waals surface area contributed by atoms with Crippen LogP contribution in [0.1, 0.15) is 20.8 Å². The molecule has 0 saturated heterocycles. The van der Waals surface area contributed by atoms with Gasteiger partial charge in [-0.25, -0.2) is 0 Å². The van der Waals surface area contributed by atoms with E-state index in [-0.39, 0.29) is 11.8 Å². The van der Waals surface area contributed by atoms with E-state index < -0.39 is 0 Å². The number of rotatable bonds is 4. The zero-order valence-electron chi connectivity index (χ0n) is 8.29. The second kappa shape index (κ2) is 4.95. The van der Waals surface area contributed by atoms with Gasteiger partial charge in [0.25, 0.3) is 0 Å². The van der Waals surface area contributed by atoms with E-state index >= 15 is 0 Å². The molecule has 0 unspecified atom stereocenters. The Kier molecular flexibility index (Phi) is 4.61. The van der Waals surface area contributed by atoms with Gasteiger partial charge in [-0.3, -0.25) is 9.69 Å². The van der Waals surface area contributed by atoms with Gasteiger partial charge in [-0.15, -0.1) is 6.42 Å². The number of carbonyl (C=O) groups excluding carboxylic acids is 1. The normalized spacial score (nSPS) is 13.1. The minimum absolute atomic E-state index is 0.0407. The quantitative estimate of drug-likeness (QED) is 0.586. The maximum atomic E-state index is 11.2. The Morgan fingerprint density at radius 3 is 2.33 bits per heavy atom. The zero-order chi connectivity index (χ0) is 9.72. The van der Waals surface area contributed by atoms with E-state index in [1.165, 1.54) is 0 Å². The second-order valence-electron chi connectivity index (χ2n) is 3.42. The molecule has 2 heteroatoms. The van der Waals surface area contributed by atoms with Crippen LogP contribution in [0.25, 0.3) is 0 Å². The molecule has 0 spiro atoms. The largest absolute Gasteiger partial charge is 0.298 e. The van der Waals surface area contributed by atoms with Gasteiger partial charge in [0.1, 0.15) is 5.78 Å². The molecule has 0 aromatic carbocycles. The summed E-state index contributed by atoms with van der Waals surface area (Å²) in [7, 11) is 1.88. The molecule has 0 N–H and O–H groups in total. The summed E-state index contributed by atoms with van der Waals surface area (Å²) in [6, 6.07) is -0.0407. The van der Waals surface area contributed by atoms with Crippen LogP contribution in [0.2, 0.25) is 0 Å². The molecule has 0 rings (SSSR count). The van der Waals surface area contributed by atoms with Crippen molar-refractivity contribution in [3.8, 4) is 12.3 Å². The number of carbonyl (C=O) groups is 1. The van der Waals surface area contributed by atoms with E-state index in [9.17, 15) is 4.79 Å². The van der Waals surface area contributed by atoms with Crippen LogP contribution in [-0.2, 0) is 4.79 Å². The van der Waals surface area contributed by atoms with Crippen molar-refractivity contribution < 1.29 is 4.79 Å². The maximum absolute atomic E-state index is 11.2. The van der Waals surface area contributed by atoms with Gasteiger partial charge in [0.05, 0.1) is 12.6 Å². The molecule has 68 valence electrons. The Hall–Kier alpha value is -0.810. The number of Topliss-reactive ketones (excluding diaryl/α,β-unsaturated/α-hetero) is 1. The van der Waals surface area contributed by atoms with Gasteiger partial charge in [-0.05, 0) is 19.9 Å². The predicted molar refractivity (Wildman–Crippen MR) is 50.8 cm³/mol. The molecule has 0 saturated carbocycles. The Balaban J connectivity index is 4.31. The fourth-order valence-corrected chi connectivity index (χ4v) is 1.53. The number of hydrogen-bond donors (Lipinski definition) is 0. The first kappa shape index (κ1) is 11.2. The van der Waals surface area contributed by atoms with Crippen molar-refractivity contribution in [2.75, 3.05) is 13.6 Å². The van der Waals surface area contributed by atoms with Gasteiger partial charge in [0.2, 0.25) is 0 Å². The molecular weight excluding hydrogens is 150 g/mol. The first-order valence-corrected chi connectivity index (χ1v) is 4.14. The smallest absolute Gasteiger partial charge is 0.147 e. The van der Waals surface area contributed by atoms with Crippen molar-refractivity contribution >= 4 is 5.78 Å². The van der Waals surface area contributed by atoms with Gasteiger partial charge in [-0.1, -0.05) is 19.8 Å². The standard InChI is InChI=1S/C10H17NO/c1-6-7-11(5)10(8(2)3)9(4)12/h1,8,10H,7H2,2-5H3/t10-/m0/s1. The molecule has 0 aliphatic rings. The highest BCUT2D eigenvalue weighted by Crippen LogP contribution is 2.09. The molecule has 0 bridgehead atoms. The summed E-state index contributed by atoms with van der Waals surface area (Å²) in [4.78, 5) is 13.1. The lowest BCUT2D eigenvalue weighted by molar-refractivity contribution is -0.122. The highest BCUT2D eigenvalue weighted by atomic mass is 16.1. The summed E-state index contributed by atoms with van der Waals surface area (Å²) in [6.45, 7) is 6.19. The van der Waals surface area contributed by atoms with Crippen molar-refractivity contribution in [2.45, 2.75) is 26.8 Å². The molecule has 1 atom stereocenters. The van der Waals surface area contributed by atoms with Gasteiger partial charge < -0.3 is 0 Å². The van der Waals surface area contributed by atoms with E-state index in [4.69, 9.17) is 6.42 Å². The third kappa shape index (κ3) is 3.06. The van der Waals surface area contributed by atoms with Crippen LogP contribution < -0.4 is 0 Å². The van der Waals surface area contributed by atoms with Crippen molar-refractivity contribution in [2.24, 2.45) is 5.92 Å². The van der Waals surface area contributed by atoms with Crippen molar-refractivity contribution in [1.29, 1.82) is 0 Å². The molecule has 0 aliphatic carbocycles. The van der Waals surface area contributed by atoms with Gasteiger partial charge in [0.15, 0.2) is 0 Å². The Morgan fingerprint density at radius 2 is 2.08 bits per heavy atom. The molecule has 0 aromatic heterocycles. The van der Waals surface area contributed by atoms with Gasteiger partial charge in [-0.2, -0.15) is 0 Å². The van der Waals surface area contributed by atoms with Crippen LogP contribution in [0, 0.1) is 18.3 Å². The van der Waals surface area contributed by atoms with E-state index in [2.05, 4.69) is 5.92 Å². The average molecular weight is 167 g/mol. The lowest BCUT2D eigenvalue weighted by Crippen LogP contribution is -2.41. The molecular formula is C10H17NO. The molecule has 0 radical (unpaired) electrons. The van der Waals surface area contributed by atoms with Crippen molar-refractivity contribution in [1.82, 2.24) is 4.90 Å². The van der Waals surface area contributed by atoms with Gasteiger partial charge >= 0.3 is 0 Å². The maximum Gasteiger partial charge on any atom is 0.147 e. The highest BCUT2D eigenvalue weighted by Gasteiger charge is 2.21. The SMILES string of the molecule is C#CCN(C)[C@H](C(C)=O)C(C)C. The summed E-state index contributed by atoms with van der Waals surface area (Å²) in [5.74, 6) is 3.03. The minimum Gasteiger partial charge on any atom is -0.298 e. The van der Waals surface area contributed by atoms with E-state index in [1.54, 1.807) is 6.92 Å². The Bertz CT molecular complexity index is 191. The number of ketones is 1. The van der Waals surface area contributed by atoms with Crippen LogP contribution in [0.15, 0.2) is 0 Å². The summed E-state index contributed by atoms with van der Waals surface area (Å²) in [5.41, 5.74) is 0. The molecule has 0 aromatic rings. The molecule has 2 nitrogen and oxygen atoms in total. The van der Waals surface area contributed by atoms with Crippen molar-refractivity contribution in [3.63, 3.8) is 0 Å². The molecule has 0 heterocycles. The lowest BCUT2D eigenvalue weighted by Gasteiger charge is -2.27. The summed E-state index contributed by atoms with van der Waals surface area (Å²) in [5, 5.41) is 0. The molecule has 0 aliphatic heterocycles. The second-order valence-corrected chi connectivity index (χ2v) is 3.42. The van der Waals surface area contributed by atoms with Crippen LogP contribution in [0.3, 0.4) is 0 Å². The van der Waals surface area contributed by atoms with E-state index in [1.807, 2.05) is 25.8 Å². The minimum atomic E-state index is -0.0407. The van der Waals surface area contributed by atoms with Gasteiger partial charge in [0, 0.05) is 0 Å². The van der Waals surface area contributed by atoms with E-state index in [0.29, 0.717) is 12.5 Å². The fourth-order valence-electron chi connectivity index (χ4n) is 1.53. The number of terminal acetylenes is 1. The molecule has 0 amide bonds. The fraction of sp³-hybridized carbons (Fsp3) is 0.700. The zero-order valence-corrected chi connectivity index (χ0v) is 8.29. The first-order valence-electron chi connectivity index (χ1n) is 4.14.